The Bertz CT molecular complexity index is 896. The van der Waals surface area contributed by atoms with Crippen molar-refractivity contribution in [2.45, 2.75) is 238 Å². The molecule has 0 aliphatic rings. The number of nitrogens with one attached hydrogen (secondary N) is 2. The van der Waals surface area contributed by atoms with Crippen molar-refractivity contribution in [2.75, 3.05) is 19.8 Å². The quantitative estimate of drug-likeness (QED) is 0.0184. The minimum atomic E-state index is -0.746. The molecule has 0 aromatic rings. The fourth-order valence-corrected chi connectivity index (χ4v) is 6.63. The normalized spacial score (nSPS) is 12.8. The lowest BCUT2D eigenvalue weighted by Crippen LogP contribution is -2.51. The summed E-state index contributed by atoms with van der Waals surface area (Å²) in [5.74, 6) is -0.719. The molecule has 0 aromatic heterocycles. The van der Waals surface area contributed by atoms with Crippen molar-refractivity contribution in [1.82, 2.24) is 10.9 Å². The number of ether oxygens (including phenoxy) is 2. The first-order valence-corrected chi connectivity index (χ1v) is 23.4. The van der Waals surface area contributed by atoms with E-state index in [1.165, 1.54) is 141 Å². The number of nitrogens with two attached hydrogens (primary N) is 1. The lowest BCUT2D eigenvalue weighted by molar-refractivity contribution is -0.148. The molecule has 1 unspecified atom stereocenters. The summed E-state index contributed by atoms with van der Waals surface area (Å²) in [5.41, 5.74) is 11.6. The van der Waals surface area contributed by atoms with Gasteiger partial charge in [-0.25, -0.2) is 10.9 Å². The van der Waals surface area contributed by atoms with Crippen LogP contribution >= 0.6 is 0 Å². The van der Waals surface area contributed by atoms with E-state index in [-0.39, 0.29) is 18.8 Å². The summed E-state index contributed by atoms with van der Waals surface area (Å²) in [6.07, 6.45) is 47.3. The summed E-state index contributed by atoms with van der Waals surface area (Å²) in [6, 6.07) is -1.19. The SMILES string of the molecule is CCCCCCCC/C=C\CCCCCCCCOC(=O)CCC(NN[C@@H](C=O)CCCCN)C(=O)OCCCCCCCC/C=C\CCCCCCCC. The molecule has 0 rings (SSSR count). The number of rotatable bonds is 44. The van der Waals surface area contributed by atoms with E-state index < -0.39 is 18.1 Å². The van der Waals surface area contributed by atoms with Gasteiger partial charge in [-0.3, -0.25) is 9.59 Å². The van der Waals surface area contributed by atoms with Crippen LogP contribution in [0, 0.1) is 0 Å². The summed E-state index contributed by atoms with van der Waals surface area (Å²) in [4.78, 5) is 37.1. The van der Waals surface area contributed by atoms with Gasteiger partial charge in [-0.1, -0.05) is 160 Å². The van der Waals surface area contributed by atoms with Gasteiger partial charge in [0.05, 0.1) is 19.3 Å². The molecular formula is C47H89N3O5. The van der Waals surface area contributed by atoms with Crippen LogP contribution in [-0.4, -0.2) is 50.1 Å². The maximum Gasteiger partial charge on any atom is 0.324 e. The van der Waals surface area contributed by atoms with Crippen molar-refractivity contribution in [3.05, 3.63) is 24.3 Å². The lowest BCUT2D eigenvalue weighted by Gasteiger charge is -2.21. The third-order valence-corrected chi connectivity index (χ3v) is 10.3. The first-order valence-electron chi connectivity index (χ1n) is 23.4. The van der Waals surface area contributed by atoms with Crippen LogP contribution in [0.15, 0.2) is 24.3 Å². The van der Waals surface area contributed by atoms with E-state index in [0.29, 0.717) is 26.2 Å². The molecule has 0 amide bonds. The highest BCUT2D eigenvalue weighted by Crippen LogP contribution is 2.13. The van der Waals surface area contributed by atoms with Gasteiger partial charge < -0.3 is 20.0 Å². The van der Waals surface area contributed by atoms with Gasteiger partial charge in [0.15, 0.2) is 0 Å². The summed E-state index contributed by atoms with van der Waals surface area (Å²) in [7, 11) is 0. The molecule has 0 saturated heterocycles. The number of hydrogen-bond acceptors (Lipinski definition) is 8. The molecule has 0 bridgehead atoms. The number of hydrazine groups is 1. The van der Waals surface area contributed by atoms with Crippen LogP contribution in [0.2, 0.25) is 0 Å². The molecule has 0 aliphatic carbocycles. The highest BCUT2D eigenvalue weighted by molar-refractivity contribution is 5.77. The predicted octanol–water partition coefficient (Wildman–Crippen LogP) is 12.1. The number of carbonyl (C=O) groups excluding carboxylic acids is 3. The maximum atomic E-state index is 13.0. The number of aldehydes is 1. The maximum absolute atomic E-state index is 13.0. The van der Waals surface area contributed by atoms with E-state index in [4.69, 9.17) is 15.2 Å². The minimum Gasteiger partial charge on any atom is -0.466 e. The molecule has 0 spiro atoms. The Morgan fingerprint density at radius 3 is 1.36 bits per heavy atom. The smallest absolute Gasteiger partial charge is 0.324 e. The average molecular weight is 776 g/mol. The van der Waals surface area contributed by atoms with Gasteiger partial charge in [0.25, 0.3) is 0 Å². The molecule has 0 heterocycles. The van der Waals surface area contributed by atoms with E-state index in [9.17, 15) is 14.4 Å². The summed E-state index contributed by atoms with van der Waals surface area (Å²) in [6.45, 7) is 5.86. The summed E-state index contributed by atoms with van der Waals surface area (Å²) in [5, 5.41) is 0. The third kappa shape index (κ3) is 40.0. The molecule has 0 aliphatic heterocycles. The van der Waals surface area contributed by atoms with Crippen LogP contribution in [0.1, 0.15) is 226 Å². The van der Waals surface area contributed by atoms with Crippen molar-refractivity contribution >= 4 is 18.2 Å². The molecule has 0 radical (unpaired) electrons. The molecule has 8 heteroatoms. The number of hydrogen-bond donors (Lipinski definition) is 3. The molecular weight excluding hydrogens is 687 g/mol. The molecule has 322 valence electrons. The largest absolute Gasteiger partial charge is 0.466 e. The molecule has 0 saturated carbocycles. The topological polar surface area (TPSA) is 120 Å². The minimum absolute atomic E-state index is 0.105. The first kappa shape index (κ1) is 53.0. The first-order chi connectivity index (χ1) is 27.1. The van der Waals surface area contributed by atoms with Gasteiger partial charge in [-0.15, -0.1) is 0 Å². The number of carbonyl (C=O) groups is 3. The van der Waals surface area contributed by atoms with Crippen molar-refractivity contribution in [1.29, 1.82) is 0 Å². The summed E-state index contributed by atoms with van der Waals surface area (Å²) < 4.78 is 11.1. The Morgan fingerprint density at radius 2 is 0.927 bits per heavy atom. The van der Waals surface area contributed by atoms with Crippen molar-refractivity contribution in [3.63, 3.8) is 0 Å². The summed E-state index contributed by atoms with van der Waals surface area (Å²) >= 11 is 0. The fourth-order valence-electron chi connectivity index (χ4n) is 6.63. The Balaban J connectivity index is 4.19. The van der Waals surface area contributed by atoms with Gasteiger partial charge >= 0.3 is 11.9 Å². The standard InChI is InChI=1S/C47H89N3O5/c1-3-5-7-9-11-13-15-17-19-21-23-25-27-29-31-35-41-54-46(52)39-38-45(50-49-44(43-51)37-33-34-40-48)47(53)55-42-36-32-30-28-26-24-22-20-18-16-14-12-10-8-6-4-2/h17-20,43-45,49-50H,3-16,21-42,48H2,1-2H3/b19-17-,20-18-/t44-,45?/m1/s1. The second-order valence-corrected chi connectivity index (χ2v) is 15.7. The Labute approximate surface area is 339 Å². The van der Waals surface area contributed by atoms with Gasteiger partial charge in [-0.2, -0.15) is 0 Å². The molecule has 55 heavy (non-hydrogen) atoms. The monoisotopic (exact) mass is 776 g/mol. The van der Waals surface area contributed by atoms with Crippen LogP contribution in [0.4, 0.5) is 0 Å². The van der Waals surface area contributed by atoms with Crippen LogP contribution in [0.3, 0.4) is 0 Å². The van der Waals surface area contributed by atoms with Crippen LogP contribution in [0.5, 0.6) is 0 Å². The second kappa shape index (κ2) is 44.7. The van der Waals surface area contributed by atoms with Crippen LogP contribution in [-0.2, 0) is 23.9 Å². The molecule has 8 nitrogen and oxygen atoms in total. The Morgan fingerprint density at radius 1 is 0.509 bits per heavy atom. The zero-order valence-electron chi connectivity index (χ0n) is 36.1. The van der Waals surface area contributed by atoms with Gasteiger partial charge in [0.1, 0.15) is 12.3 Å². The van der Waals surface area contributed by atoms with Crippen molar-refractivity contribution in [2.24, 2.45) is 5.73 Å². The average Bonchev–Trinajstić information content (AvgIpc) is 3.19. The van der Waals surface area contributed by atoms with E-state index in [0.717, 1.165) is 57.7 Å². The zero-order valence-corrected chi connectivity index (χ0v) is 36.1. The number of esters is 2. The van der Waals surface area contributed by atoms with E-state index in [1.54, 1.807) is 0 Å². The van der Waals surface area contributed by atoms with Gasteiger partial charge in [0, 0.05) is 6.42 Å². The second-order valence-electron chi connectivity index (χ2n) is 15.7. The lowest BCUT2D eigenvalue weighted by atomic mass is 10.1. The Kier molecular flexibility index (Phi) is 43.0. The number of unbranched alkanes of at least 4 members (excludes halogenated alkanes) is 25. The molecule has 2 atom stereocenters. The highest BCUT2D eigenvalue weighted by Gasteiger charge is 2.22. The van der Waals surface area contributed by atoms with E-state index in [2.05, 4.69) is 49.0 Å². The van der Waals surface area contributed by atoms with Gasteiger partial charge in [0.2, 0.25) is 0 Å². The molecule has 0 aromatic carbocycles. The highest BCUT2D eigenvalue weighted by atomic mass is 16.5. The third-order valence-electron chi connectivity index (χ3n) is 10.3. The van der Waals surface area contributed by atoms with Gasteiger partial charge in [-0.05, 0) is 90.0 Å². The van der Waals surface area contributed by atoms with Crippen LogP contribution in [0.25, 0.3) is 0 Å². The molecule has 4 N–H and O–H groups in total. The van der Waals surface area contributed by atoms with Crippen molar-refractivity contribution in [3.8, 4) is 0 Å². The predicted molar refractivity (Wildman–Crippen MR) is 233 cm³/mol. The fraction of sp³-hybridized carbons (Fsp3) is 0.851. The van der Waals surface area contributed by atoms with E-state index in [1.807, 2.05) is 0 Å². The van der Waals surface area contributed by atoms with Crippen molar-refractivity contribution < 1.29 is 23.9 Å². The number of allylic oxidation sites excluding steroid dienone is 4. The van der Waals surface area contributed by atoms with E-state index >= 15 is 0 Å². The zero-order chi connectivity index (χ0) is 40.1. The Hall–Kier alpha value is -2.03. The molecule has 0 fully saturated rings. The van der Waals surface area contributed by atoms with Crippen LogP contribution < -0.4 is 16.6 Å².